The van der Waals surface area contributed by atoms with Gasteiger partial charge in [-0.15, -0.1) is 0 Å². The van der Waals surface area contributed by atoms with E-state index >= 15 is 0 Å². The number of nitrogens with one attached hydrogen (secondary N) is 6. The first-order chi connectivity index (χ1) is 48.7. The smallest absolute Gasteiger partial charge is 0.378 e. The van der Waals surface area contributed by atoms with Crippen molar-refractivity contribution >= 4 is 34.8 Å². The van der Waals surface area contributed by atoms with Gasteiger partial charge in [0.25, 0.3) is 0 Å². The summed E-state index contributed by atoms with van der Waals surface area (Å²) in [6, 6.07) is 41.3. The number of alkyl halides is 9. The molecule has 0 aromatic heterocycles. The van der Waals surface area contributed by atoms with E-state index in [4.69, 9.17) is 14.2 Å². The summed E-state index contributed by atoms with van der Waals surface area (Å²) in [7, 11) is 11.7. The van der Waals surface area contributed by atoms with E-state index < -0.39 is 53.5 Å². The van der Waals surface area contributed by atoms with Crippen molar-refractivity contribution < 1.29 is 68.1 Å². The fourth-order valence-corrected chi connectivity index (χ4v) is 14.8. The molecule has 3 amide bonds. The number of likely N-dealkylation sites (N-methyl/N-ethyl adjacent to an activating group) is 3. The minimum atomic E-state index is -4.42. The molecule has 6 aromatic rings. The second kappa shape index (κ2) is 34.7. The number of amides is 3. The van der Waals surface area contributed by atoms with Crippen LogP contribution in [-0.4, -0.2) is 132 Å². The molecule has 6 aliphatic rings. The van der Waals surface area contributed by atoms with Crippen LogP contribution >= 0.6 is 0 Å². The number of anilines is 3. The Morgan fingerprint density at radius 2 is 0.637 bits per heavy atom. The highest BCUT2D eigenvalue weighted by Gasteiger charge is 2.47. The monoisotopic (exact) mass is 1430 g/mol. The van der Waals surface area contributed by atoms with E-state index in [-0.39, 0.29) is 71.9 Å². The minimum Gasteiger partial charge on any atom is -0.378 e. The Hall–Kier alpha value is -7.74. The molecule has 12 rings (SSSR count). The Labute approximate surface area is 592 Å². The third-order valence-corrected chi connectivity index (χ3v) is 20.1. The summed E-state index contributed by atoms with van der Waals surface area (Å²) >= 11 is 0. The molecule has 12 atom stereocenters. The van der Waals surface area contributed by atoms with Gasteiger partial charge in [-0.1, -0.05) is 91.0 Å². The SMILES string of the molecule is CN(C)CCNC(=O)CC[C@H]1CCC2C(c3ccccc3)Nc3ccc(C(F)(F)F)cc3C2O1.CN(C)CCNC(=O)CC[C@H]1CC[C@@H]2[C@H](O1)c1cc(C(F)(F)F)ccc1N[C@H]2c1ccccc1.CN(C)CCNC(=O)CC[C@H]1CC[C@H]2[C@@H](c3ccccc3)Nc3ccc(C(F)(F)F)cc3[C@H]2O1. The Kier molecular flexibility index (Phi) is 26.2. The van der Waals surface area contributed by atoms with Crippen molar-refractivity contribution in [1.29, 1.82) is 0 Å². The second-order valence-corrected chi connectivity index (χ2v) is 28.3. The quantitative estimate of drug-likeness (QED) is 0.0379. The zero-order valence-electron chi connectivity index (χ0n) is 58.7. The van der Waals surface area contributed by atoms with Crippen molar-refractivity contribution in [2.75, 3.05) is 97.5 Å². The molecule has 3 fully saturated rings. The van der Waals surface area contributed by atoms with E-state index in [1.165, 1.54) is 36.4 Å². The largest absolute Gasteiger partial charge is 0.416 e. The number of carbonyl (C=O) groups is 3. The van der Waals surface area contributed by atoms with Gasteiger partial charge in [0.2, 0.25) is 17.7 Å². The summed E-state index contributed by atoms with van der Waals surface area (Å²) in [5.41, 5.74) is 4.91. The first-order valence-corrected chi connectivity index (χ1v) is 35.4. The first kappa shape index (κ1) is 76.9. The van der Waals surface area contributed by atoms with E-state index in [1.807, 2.05) is 148 Å². The van der Waals surface area contributed by atoms with Crippen LogP contribution in [0.15, 0.2) is 146 Å². The summed E-state index contributed by atoms with van der Waals surface area (Å²) < 4.78 is 140. The van der Waals surface area contributed by atoms with Crippen LogP contribution in [0.2, 0.25) is 0 Å². The Bertz CT molecular complexity index is 3320. The molecule has 102 heavy (non-hydrogen) atoms. The van der Waals surface area contributed by atoms with E-state index in [2.05, 4.69) is 31.9 Å². The van der Waals surface area contributed by atoms with Gasteiger partial charge in [-0.3, -0.25) is 14.4 Å². The Balaban J connectivity index is 0.000000165. The van der Waals surface area contributed by atoms with E-state index in [0.717, 1.165) is 93.0 Å². The van der Waals surface area contributed by atoms with Gasteiger partial charge in [0.1, 0.15) is 0 Å². The zero-order chi connectivity index (χ0) is 72.9. The van der Waals surface area contributed by atoms with Crippen molar-refractivity contribution in [2.45, 2.75) is 150 Å². The maximum absolute atomic E-state index is 13.5. The van der Waals surface area contributed by atoms with Crippen LogP contribution in [0.25, 0.3) is 0 Å². The van der Waals surface area contributed by atoms with Crippen molar-refractivity contribution in [3.63, 3.8) is 0 Å². The molecule has 6 N–H and O–H groups in total. The molecular weight excluding hydrogens is 1330 g/mol. The number of ether oxygens (including phenoxy) is 3. The van der Waals surface area contributed by atoms with Gasteiger partial charge in [0.05, 0.1) is 71.4 Å². The average Bonchev–Trinajstić information content (AvgIpc) is 0.766. The van der Waals surface area contributed by atoms with Gasteiger partial charge in [-0.2, -0.15) is 39.5 Å². The third-order valence-electron chi connectivity index (χ3n) is 20.1. The molecule has 0 aliphatic carbocycles. The first-order valence-electron chi connectivity index (χ1n) is 35.4. The topological polar surface area (TPSA) is 161 Å². The lowest BCUT2D eigenvalue weighted by Gasteiger charge is -2.46. The molecular formula is C78H96F9N9O6. The van der Waals surface area contributed by atoms with Gasteiger partial charge < -0.3 is 60.8 Å². The molecule has 6 aliphatic heterocycles. The van der Waals surface area contributed by atoms with Crippen molar-refractivity contribution in [3.05, 3.63) is 196 Å². The number of hydrogen-bond donors (Lipinski definition) is 6. The highest BCUT2D eigenvalue weighted by atomic mass is 19.4. The number of halogens is 9. The molecule has 552 valence electrons. The fraction of sp³-hybridized carbons (Fsp3) is 0.500. The lowest BCUT2D eigenvalue weighted by molar-refractivity contribution is -0.139. The number of fused-ring (bicyclic) bond motifs is 9. The molecule has 0 spiro atoms. The van der Waals surface area contributed by atoms with Gasteiger partial charge in [0, 0.05) is 110 Å². The molecule has 6 aromatic carbocycles. The summed E-state index contributed by atoms with van der Waals surface area (Å²) in [5.74, 6) is -0.0740. The van der Waals surface area contributed by atoms with Crippen LogP contribution in [0.5, 0.6) is 0 Å². The van der Waals surface area contributed by atoms with Crippen LogP contribution in [0.3, 0.4) is 0 Å². The van der Waals surface area contributed by atoms with Crippen molar-refractivity contribution in [2.24, 2.45) is 17.8 Å². The molecule has 0 bridgehead atoms. The Morgan fingerprint density at radius 1 is 0.382 bits per heavy atom. The number of rotatable bonds is 21. The van der Waals surface area contributed by atoms with Crippen LogP contribution < -0.4 is 31.9 Å². The highest BCUT2D eigenvalue weighted by Crippen LogP contribution is 2.55. The number of hydrogen-bond acceptors (Lipinski definition) is 12. The van der Waals surface area contributed by atoms with Crippen LogP contribution in [0.4, 0.5) is 56.6 Å². The van der Waals surface area contributed by atoms with E-state index in [9.17, 15) is 53.9 Å². The fourth-order valence-electron chi connectivity index (χ4n) is 14.8. The Morgan fingerprint density at radius 3 is 0.873 bits per heavy atom. The molecule has 15 nitrogen and oxygen atoms in total. The van der Waals surface area contributed by atoms with Gasteiger partial charge in [-0.25, -0.2) is 0 Å². The number of nitrogens with zero attached hydrogens (tertiary/aromatic N) is 3. The van der Waals surface area contributed by atoms with Crippen molar-refractivity contribution in [1.82, 2.24) is 30.7 Å². The maximum atomic E-state index is 13.5. The van der Waals surface area contributed by atoms with Crippen molar-refractivity contribution in [3.8, 4) is 0 Å². The van der Waals surface area contributed by atoms with Crippen LogP contribution in [0.1, 0.15) is 164 Å². The molecule has 6 heterocycles. The van der Waals surface area contributed by atoms with Gasteiger partial charge in [0.15, 0.2) is 0 Å². The molecule has 3 unspecified atom stereocenters. The lowest BCUT2D eigenvalue weighted by Crippen LogP contribution is -2.39. The summed E-state index contributed by atoms with van der Waals surface area (Å²) in [4.78, 5) is 42.7. The predicted molar refractivity (Wildman–Crippen MR) is 376 cm³/mol. The zero-order valence-corrected chi connectivity index (χ0v) is 58.7. The second-order valence-electron chi connectivity index (χ2n) is 28.3. The summed E-state index contributed by atoms with van der Waals surface area (Å²) in [6.07, 6.45) is -7.74. The third kappa shape index (κ3) is 20.6. The average molecular weight is 1430 g/mol. The molecule has 3 saturated heterocycles. The summed E-state index contributed by atoms with van der Waals surface area (Å²) in [5, 5.41) is 19.1. The van der Waals surface area contributed by atoms with Crippen LogP contribution in [0, 0.1) is 17.8 Å². The van der Waals surface area contributed by atoms with E-state index in [0.29, 0.717) is 91.9 Å². The summed E-state index contributed by atoms with van der Waals surface area (Å²) in [6.45, 7) is 4.05. The molecule has 0 radical (unpaired) electrons. The predicted octanol–water partition coefficient (Wildman–Crippen LogP) is 15.5. The minimum absolute atomic E-state index is 0.00329. The number of benzene rings is 6. The standard InChI is InChI=1S/3C26H32F3N3O2/c3*1-32(2)15-14-30-23(33)13-10-19-9-11-20-24(17-6-4-3-5-7-17)31-22-12-8-18(26(27,28)29)16-21(22)25(20)34-19/h3*3-8,12,16,19-20,24-25,31H,9-11,13-15H2,1-2H3,(H,30,33)/t19-,20?,24?,25?;19-,20+,24+,25+;19-,20+,24-,25+/m111/s1. The highest BCUT2D eigenvalue weighted by molar-refractivity contribution is 5.76. The van der Waals surface area contributed by atoms with Crippen LogP contribution in [-0.2, 0) is 47.1 Å². The number of carbonyl (C=O) groups excluding carboxylic acids is 3. The molecule has 24 heteroatoms. The van der Waals surface area contributed by atoms with E-state index in [1.54, 1.807) is 0 Å². The van der Waals surface area contributed by atoms with Gasteiger partial charge in [-0.05, 0) is 171 Å². The van der Waals surface area contributed by atoms with Gasteiger partial charge >= 0.3 is 18.5 Å². The lowest BCUT2D eigenvalue weighted by atomic mass is 9.76. The normalized spacial score (nSPS) is 24.2. The molecule has 0 saturated carbocycles. The maximum Gasteiger partial charge on any atom is 0.416 e.